The number of rotatable bonds is 3. The Labute approximate surface area is 108 Å². The van der Waals surface area contributed by atoms with E-state index in [0.29, 0.717) is 11.6 Å². The predicted octanol–water partition coefficient (Wildman–Crippen LogP) is 3.92. The Morgan fingerprint density at radius 1 is 1.00 bits per heavy atom. The third-order valence-corrected chi connectivity index (χ3v) is 2.55. The van der Waals surface area contributed by atoms with Crippen molar-refractivity contribution >= 4 is 0 Å². The number of ether oxygens (including phenoxy) is 1. The van der Waals surface area contributed by atoms with E-state index in [-0.39, 0.29) is 17.5 Å². The van der Waals surface area contributed by atoms with Crippen molar-refractivity contribution in [1.82, 2.24) is 0 Å². The highest BCUT2D eigenvalue weighted by Gasteiger charge is 2.09. The van der Waals surface area contributed by atoms with Gasteiger partial charge in [-0.3, -0.25) is 0 Å². The number of halogens is 3. The van der Waals surface area contributed by atoms with Crippen LogP contribution in [-0.2, 0) is 0 Å². The Morgan fingerprint density at radius 2 is 1.63 bits per heavy atom. The smallest absolute Gasteiger partial charge is 0.166 e. The van der Waals surface area contributed by atoms with Crippen LogP contribution in [0.4, 0.5) is 13.2 Å². The zero-order valence-corrected chi connectivity index (χ0v) is 10.2. The fraction of sp³-hybridized carbons (Fsp3) is 0.143. The molecule has 0 amide bonds. The molecule has 0 aliphatic heterocycles. The second-order valence-electron chi connectivity index (χ2n) is 4.19. The molecule has 19 heavy (non-hydrogen) atoms. The van der Waals surface area contributed by atoms with Gasteiger partial charge in [0.05, 0.1) is 0 Å². The molecule has 5 heteroatoms. The Kier molecular flexibility index (Phi) is 3.76. The lowest BCUT2D eigenvalue weighted by atomic mass is 10.1. The largest absolute Gasteiger partial charge is 0.454 e. The van der Waals surface area contributed by atoms with Gasteiger partial charge in [-0.25, -0.2) is 13.2 Å². The fourth-order valence-electron chi connectivity index (χ4n) is 1.60. The van der Waals surface area contributed by atoms with Crippen LogP contribution in [0.25, 0.3) is 0 Å². The molecule has 2 aromatic carbocycles. The van der Waals surface area contributed by atoms with Gasteiger partial charge in [-0.05, 0) is 24.6 Å². The van der Waals surface area contributed by atoms with E-state index in [2.05, 4.69) is 0 Å². The summed E-state index contributed by atoms with van der Waals surface area (Å²) in [6.45, 7) is 1.72. The molecule has 0 heterocycles. The summed E-state index contributed by atoms with van der Waals surface area (Å²) in [5.74, 6) is -2.44. The van der Waals surface area contributed by atoms with E-state index < -0.39 is 17.5 Å². The number of benzene rings is 2. The van der Waals surface area contributed by atoms with Gasteiger partial charge in [0, 0.05) is 24.2 Å². The van der Waals surface area contributed by atoms with Crippen LogP contribution in [0.2, 0.25) is 0 Å². The van der Waals surface area contributed by atoms with Crippen molar-refractivity contribution in [1.29, 1.82) is 0 Å². The van der Waals surface area contributed by atoms with Crippen molar-refractivity contribution in [3.05, 3.63) is 59.4 Å². The van der Waals surface area contributed by atoms with Gasteiger partial charge in [-0.2, -0.15) is 0 Å². The normalized spacial score (nSPS) is 12.3. The summed E-state index contributed by atoms with van der Waals surface area (Å²) in [5, 5.41) is 0. The van der Waals surface area contributed by atoms with Crippen molar-refractivity contribution < 1.29 is 17.9 Å². The summed E-state index contributed by atoms with van der Waals surface area (Å²) < 4.78 is 44.8. The van der Waals surface area contributed by atoms with Crippen LogP contribution in [0.5, 0.6) is 11.5 Å². The van der Waals surface area contributed by atoms with Gasteiger partial charge in [0.15, 0.2) is 11.6 Å². The molecule has 2 N–H and O–H groups in total. The molecule has 0 unspecified atom stereocenters. The van der Waals surface area contributed by atoms with Gasteiger partial charge in [-0.1, -0.05) is 6.07 Å². The first-order valence-corrected chi connectivity index (χ1v) is 5.64. The highest BCUT2D eigenvalue weighted by Crippen LogP contribution is 2.27. The first kappa shape index (κ1) is 13.4. The van der Waals surface area contributed by atoms with Crippen molar-refractivity contribution in [3.63, 3.8) is 0 Å². The molecule has 0 aromatic heterocycles. The minimum atomic E-state index is -0.789. The molecule has 0 bridgehead atoms. The van der Waals surface area contributed by atoms with E-state index in [1.54, 1.807) is 13.0 Å². The molecule has 0 aliphatic carbocycles. The van der Waals surface area contributed by atoms with Crippen LogP contribution in [0.1, 0.15) is 18.5 Å². The molecule has 0 aliphatic rings. The van der Waals surface area contributed by atoms with Crippen LogP contribution in [-0.4, -0.2) is 0 Å². The highest BCUT2D eigenvalue weighted by atomic mass is 19.1. The first-order chi connectivity index (χ1) is 8.95. The summed E-state index contributed by atoms with van der Waals surface area (Å²) in [6.07, 6.45) is 0. The zero-order chi connectivity index (χ0) is 14.0. The molecule has 2 rings (SSSR count). The van der Waals surface area contributed by atoms with Gasteiger partial charge in [0.25, 0.3) is 0 Å². The number of hydrogen-bond donors (Lipinski definition) is 1. The first-order valence-electron chi connectivity index (χ1n) is 5.64. The molecule has 0 radical (unpaired) electrons. The van der Waals surface area contributed by atoms with Crippen LogP contribution < -0.4 is 10.5 Å². The van der Waals surface area contributed by atoms with Crippen LogP contribution in [0, 0.1) is 17.5 Å². The second-order valence-corrected chi connectivity index (χ2v) is 4.19. The van der Waals surface area contributed by atoms with Crippen molar-refractivity contribution in [3.8, 4) is 11.5 Å². The molecular weight excluding hydrogens is 255 g/mol. The van der Waals surface area contributed by atoms with E-state index in [9.17, 15) is 13.2 Å². The highest BCUT2D eigenvalue weighted by molar-refractivity contribution is 5.35. The van der Waals surface area contributed by atoms with Crippen LogP contribution in [0.3, 0.4) is 0 Å². The van der Waals surface area contributed by atoms with E-state index in [0.717, 1.165) is 12.1 Å². The molecule has 0 saturated carbocycles. The number of hydrogen-bond acceptors (Lipinski definition) is 2. The van der Waals surface area contributed by atoms with Crippen molar-refractivity contribution in [2.24, 2.45) is 5.73 Å². The summed E-state index contributed by atoms with van der Waals surface area (Å²) in [5.41, 5.74) is 6.23. The maximum absolute atomic E-state index is 13.7. The lowest BCUT2D eigenvalue weighted by molar-refractivity contribution is 0.433. The van der Waals surface area contributed by atoms with Crippen LogP contribution in [0.15, 0.2) is 36.4 Å². The maximum Gasteiger partial charge on any atom is 0.166 e. The monoisotopic (exact) mass is 267 g/mol. The maximum atomic E-state index is 13.7. The van der Waals surface area contributed by atoms with Gasteiger partial charge < -0.3 is 10.5 Å². The zero-order valence-electron chi connectivity index (χ0n) is 10.2. The Morgan fingerprint density at radius 3 is 2.16 bits per heavy atom. The minimum Gasteiger partial charge on any atom is -0.454 e. The Bertz CT molecular complexity index is 579. The average molecular weight is 267 g/mol. The molecule has 1 atom stereocenters. The average Bonchev–Trinajstić information content (AvgIpc) is 2.30. The van der Waals surface area contributed by atoms with Crippen molar-refractivity contribution in [2.45, 2.75) is 13.0 Å². The summed E-state index contributed by atoms with van der Waals surface area (Å²) in [4.78, 5) is 0. The van der Waals surface area contributed by atoms with Crippen LogP contribution >= 0.6 is 0 Å². The molecule has 0 fully saturated rings. The minimum absolute atomic E-state index is 0.107. The van der Waals surface area contributed by atoms with E-state index in [4.69, 9.17) is 10.5 Å². The molecule has 0 spiro atoms. The predicted molar refractivity (Wildman–Crippen MR) is 65.4 cm³/mol. The lowest BCUT2D eigenvalue weighted by Gasteiger charge is -2.10. The molecular formula is C14H12F3NO. The lowest BCUT2D eigenvalue weighted by Crippen LogP contribution is -2.05. The van der Waals surface area contributed by atoms with E-state index in [1.807, 2.05) is 0 Å². The summed E-state index contributed by atoms with van der Waals surface area (Å²) in [7, 11) is 0. The summed E-state index contributed by atoms with van der Waals surface area (Å²) in [6, 6.07) is 6.55. The van der Waals surface area contributed by atoms with Gasteiger partial charge in [-0.15, -0.1) is 0 Å². The van der Waals surface area contributed by atoms with Gasteiger partial charge in [0.1, 0.15) is 17.4 Å². The number of nitrogens with two attached hydrogens (primary N) is 1. The van der Waals surface area contributed by atoms with E-state index >= 15 is 0 Å². The molecule has 0 saturated heterocycles. The summed E-state index contributed by atoms with van der Waals surface area (Å²) >= 11 is 0. The second kappa shape index (κ2) is 5.32. The topological polar surface area (TPSA) is 35.2 Å². The Balaban J connectivity index is 2.28. The van der Waals surface area contributed by atoms with Gasteiger partial charge >= 0.3 is 0 Å². The molecule has 2 aromatic rings. The van der Waals surface area contributed by atoms with Crippen molar-refractivity contribution in [2.75, 3.05) is 0 Å². The molecule has 2 nitrogen and oxygen atoms in total. The standard InChI is InChI=1S/C14H12F3NO/c1-8(18)9-2-3-14(13(17)4-9)19-12-6-10(15)5-11(16)7-12/h2-8H,18H2,1H3/t8-/m0/s1. The fourth-order valence-corrected chi connectivity index (χ4v) is 1.60. The third kappa shape index (κ3) is 3.26. The van der Waals surface area contributed by atoms with Gasteiger partial charge in [0.2, 0.25) is 0 Å². The van der Waals surface area contributed by atoms with E-state index in [1.165, 1.54) is 12.1 Å². The quantitative estimate of drug-likeness (QED) is 0.914. The molecule has 100 valence electrons. The third-order valence-electron chi connectivity index (χ3n) is 2.55. The Hall–Kier alpha value is -2.01. The SMILES string of the molecule is C[C@H](N)c1ccc(Oc2cc(F)cc(F)c2)c(F)c1.